The van der Waals surface area contributed by atoms with Crippen molar-refractivity contribution in [2.45, 2.75) is 33.6 Å². The maximum atomic E-state index is 12.6. The fraction of sp³-hybridized carbons (Fsp3) is 0.208. The lowest BCUT2D eigenvalue weighted by Gasteiger charge is -2.19. The molecule has 28 heavy (non-hydrogen) atoms. The van der Waals surface area contributed by atoms with E-state index in [2.05, 4.69) is 48.5 Å². The average molecular weight is 408 g/mol. The van der Waals surface area contributed by atoms with E-state index in [0.717, 1.165) is 18.5 Å². The number of para-hydroxylation sites is 1. The number of thioether (sulfide) groups is 2. The van der Waals surface area contributed by atoms with Crippen LogP contribution in [0, 0.1) is 0 Å². The standard InChI is InChI=1S/C24H25NOS2/c1-25(20-12-5-2-6-13-20)23(26)18-11-19-24(27-21-14-7-3-8-15-21)28-22-16-9-4-10-17-22/h2-10,12-17,24H,11,18-19H2,1H3. The topological polar surface area (TPSA) is 20.3 Å². The molecule has 0 unspecified atom stereocenters. The van der Waals surface area contributed by atoms with E-state index in [1.54, 1.807) is 4.90 Å². The zero-order valence-electron chi connectivity index (χ0n) is 16.0. The van der Waals surface area contributed by atoms with Crippen LogP contribution < -0.4 is 4.90 Å². The Morgan fingerprint density at radius 2 is 1.25 bits per heavy atom. The third-order valence-electron chi connectivity index (χ3n) is 4.37. The molecule has 0 saturated carbocycles. The highest BCUT2D eigenvalue weighted by atomic mass is 32.2. The number of carbonyl (C=O) groups excluding carboxylic acids is 1. The summed E-state index contributed by atoms with van der Waals surface area (Å²) in [6.07, 6.45) is 2.42. The van der Waals surface area contributed by atoms with Crippen LogP contribution in [0.1, 0.15) is 19.3 Å². The van der Waals surface area contributed by atoms with E-state index in [1.165, 1.54) is 9.79 Å². The number of rotatable bonds is 9. The molecule has 0 heterocycles. The third kappa shape index (κ3) is 6.47. The van der Waals surface area contributed by atoms with Crippen LogP contribution in [0.15, 0.2) is 101 Å². The first kappa shape index (κ1) is 20.6. The zero-order valence-corrected chi connectivity index (χ0v) is 17.7. The van der Waals surface area contributed by atoms with Gasteiger partial charge in [0, 0.05) is 28.9 Å². The summed E-state index contributed by atoms with van der Waals surface area (Å²) in [5, 5.41) is 0. The van der Waals surface area contributed by atoms with Crippen molar-refractivity contribution >= 4 is 35.1 Å². The van der Waals surface area contributed by atoms with Crippen LogP contribution in [-0.2, 0) is 4.79 Å². The molecule has 0 atom stereocenters. The van der Waals surface area contributed by atoms with Gasteiger partial charge < -0.3 is 4.90 Å². The lowest BCUT2D eigenvalue weighted by molar-refractivity contribution is -0.118. The second kappa shape index (κ2) is 11.0. The van der Waals surface area contributed by atoms with Crippen molar-refractivity contribution in [3.05, 3.63) is 91.0 Å². The first-order valence-corrected chi connectivity index (χ1v) is 11.2. The maximum absolute atomic E-state index is 12.6. The predicted molar refractivity (Wildman–Crippen MR) is 122 cm³/mol. The summed E-state index contributed by atoms with van der Waals surface area (Å²) in [5.74, 6) is 0.166. The van der Waals surface area contributed by atoms with E-state index in [4.69, 9.17) is 0 Å². The number of nitrogens with zero attached hydrogens (tertiary/aromatic N) is 1. The highest BCUT2D eigenvalue weighted by Crippen LogP contribution is 2.38. The molecule has 1 amide bonds. The lowest BCUT2D eigenvalue weighted by atomic mass is 10.2. The largest absolute Gasteiger partial charge is 0.316 e. The van der Waals surface area contributed by atoms with Gasteiger partial charge in [0.05, 0.1) is 4.58 Å². The number of amides is 1. The van der Waals surface area contributed by atoms with Gasteiger partial charge in [0.15, 0.2) is 0 Å². The number of anilines is 1. The predicted octanol–water partition coefficient (Wildman–Crippen LogP) is 6.73. The molecule has 0 aromatic heterocycles. The van der Waals surface area contributed by atoms with E-state index in [9.17, 15) is 4.79 Å². The molecule has 0 aliphatic heterocycles. The Balaban J connectivity index is 1.57. The van der Waals surface area contributed by atoms with Crippen molar-refractivity contribution < 1.29 is 4.79 Å². The first-order chi connectivity index (χ1) is 13.7. The second-order valence-electron chi connectivity index (χ2n) is 6.47. The SMILES string of the molecule is CN(C(=O)CCCC(Sc1ccccc1)Sc1ccccc1)c1ccccc1. The molecule has 2 nitrogen and oxygen atoms in total. The van der Waals surface area contributed by atoms with Gasteiger partial charge in [-0.25, -0.2) is 0 Å². The summed E-state index contributed by atoms with van der Waals surface area (Å²) >= 11 is 3.76. The summed E-state index contributed by atoms with van der Waals surface area (Å²) in [6.45, 7) is 0. The van der Waals surface area contributed by atoms with E-state index in [0.29, 0.717) is 11.0 Å². The number of hydrogen-bond donors (Lipinski definition) is 0. The molecule has 0 fully saturated rings. The van der Waals surface area contributed by atoms with Gasteiger partial charge in [-0.3, -0.25) is 4.79 Å². The monoisotopic (exact) mass is 407 g/mol. The van der Waals surface area contributed by atoms with E-state index in [-0.39, 0.29) is 5.91 Å². The molecule has 3 aromatic carbocycles. The molecule has 144 valence electrons. The molecule has 0 bridgehead atoms. The van der Waals surface area contributed by atoms with Crippen molar-refractivity contribution in [2.75, 3.05) is 11.9 Å². The second-order valence-corrected chi connectivity index (χ2v) is 9.32. The molecular weight excluding hydrogens is 382 g/mol. The molecule has 0 radical (unpaired) electrons. The molecular formula is C24H25NOS2. The number of benzene rings is 3. The molecule has 0 N–H and O–H groups in total. The van der Waals surface area contributed by atoms with Crippen molar-refractivity contribution in [3.8, 4) is 0 Å². The van der Waals surface area contributed by atoms with Gasteiger partial charge in [-0.1, -0.05) is 54.6 Å². The van der Waals surface area contributed by atoms with Gasteiger partial charge in [-0.2, -0.15) is 0 Å². The van der Waals surface area contributed by atoms with Gasteiger partial charge in [0.2, 0.25) is 5.91 Å². The Labute approximate surface area is 176 Å². The number of hydrogen-bond acceptors (Lipinski definition) is 3. The van der Waals surface area contributed by atoms with Gasteiger partial charge in [-0.15, -0.1) is 23.5 Å². The number of carbonyl (C=O) groups is 1. The van der Waals surface area contributed by atoms with Crippen molar-refractivity contribution in [1.82, 2.24) is 0 Å². The van der Waals surface area contributed by atoms with Crippen LogP contribution in [0.5, 0.6) is 0 Å². The zero-order chi connectivity index (χ0) is 19.6. The Morgan fingerprint density at radius 1 is 0.786 bits per heavy atom. The van der Waals surface area contributed by atoms with Crippen molar-refractivity contribution in [1.29, 1.82) is 0 Å². The van der Waals surface area contributed by atoms with Crippen LogP contribution >= 0.6 is 23.5 Å². The fourth-order valence-corrected chi connectivity index (χ4v) is 5.49. The quantitative estimate of drug-likeness (QED) is 0.290. The highest BCUT2D eigenvalue weighted by molar-refractivity contribution is 8.17. The van der Waals surface area contributed by atoms with Gasteiger partial charge in [-0.05, 0) is 49.2 Å². The van der Waals surface area contributed by atoms with Gasteiger partial charge >= 0.3 is 0 Å². The Bertz CT molecular complexity index is 799. The van der Waals surface area contributed by atoms with E-state index in [1.807, 2.05) is 73.0 Å². The van der Waals surface area contributed by atoms with Gasteiger partial charge in [0.25, 0.3) is 0 Å². The highest BCUT2D eigenvalue weighted by Gasteiger charge is 2.15. The molecule has 4 heteroatoms. The van der Waals surface area contributed by atoms with E-state index < -0.39 is 0 Å². The van der Waals surface area contributed by atoms with Crippen LogP contribution in [0.4, 0.5) is 5.69 Å². The minimum absolute atomic E-state index is 0.166. The normalized spacial score (nSPS) is 10.8. The van der Waals surface area contributed by atoms with Crippen molar-refractivity contribution in [2.24, 2.45) is 0 Å². The Hall–Kier alpha value is -2.17. The van der Waals surface area contributed by atoms with Gasteiger partial charge in [0.1, 0.15) is 0 Å². The summed E-state index contributed by atoms with van der Waals surface area (Å²) in [4.78, 5) is 16.8. The lowest BCUT2D eigenvalue weighted by Crippen LogP contribution is -2.25. The summed E-state index contributed by atoms with van der Waals surface area (Å²) in [6, 6.07) is 30.8. The van der Waals surface area contributed by atoms with Crippen LogP contribution in [0.2, 0.25) is 0 Å². The first-order valence-electron chi connectivity index (χ1n) is 9.47. The molecule has 3 aromatic rings. The molecule has 0 aliphatic carbocycles. The maximum Gasteiger partial charge on any atom is 0.226 e. The van der Waals surface area contributed by atoms with E-state index >= 15 is 0 Å². The molecule has 0 spiro atoms. The van der Waals surface area contributed by atoms with Crippen LogP contribution in [0.3, 0.4) is 0 Å². The summed E-state index contributed by atoms with van der Waals surface area (Å²) in [7, 11) is 1.85. The fourth-order valence-electron chi connectivity index (χ4n) is 2.83. The smallest absolute Gasteiger partial charge is 0.226 e. The minimum Gasteiger partial charge on any atom is -0.316 e. The summed E-state index contributed by atoms with van der Waals surface area (Å²) in [5.41, 5.74) is 0.946. The van der Waals surface area contributed by atoms with Crippen molar-refractivity contribution in [3.63, 3.8) is 0 Å². The third-order valence-corrected chi connectivity index (χ3v) is 7.03. The minimum atomic E-state index is 0.166. The van der Waals surface area contributed by atoms with Crippen LogP contribution in [-0.4, -0.2) is 17.5 Å². The molecule has 0 aliphatic rings. The molecule has 0 saturated heterocycles. The molecule has 3 rings (SSSR count). The summed E-state index contributed by atoms with van der Waals surface area (Å²) < 4.78 is 0.375. The average Bonchev–Trinajstić information content (AvgIpc) is 2.75. The van der Waals surface area contributed by atoms with Crippen LogP contribution in [0.25, 0.3) is 0 Å². The Morgan fingerprint density at radius 3 is 1.75 bits per heavy atom. The Kier molecular flexibility index (Phi) is 8.07.